The number of aromatic amines is 1. The van der Waals surface area contributed by atoms with Crippen molar-refractivity contribution in [3.05, 3.63) is 16.6 Å². The molecule has 1 saturated heterocycles. The molecule has 66 valence electrons. The van der Waals surface area contributed by atoms with E-state index in [1.54, 1.807) is 0 Å². The maximum Gasteiger partial charge on any atom is 0.124 e. The van der Waals surface area contributed by atoms with E-state index in [1.165, 1.54) is 19.4 Å². The highest BCUT2D eigenvalue weighted by molar-refractivity contribution is 9.10. The molecule has 1 atom stereocenters. The van der Waals surface area contributed by atoms with Gasteiger partial charge in [0, 0.05) is 0 Å². The summed E-state index contributed by atoms with van der Waals surface area (Å²) in [4.78, 5) is 9.85. The summed E-state index contributed by atoms with van der Waals surface area (Å²) in [5.74, 6) is 1.09. The molecular formula is C8H12BrN3. The zero-order valence-corrected chi connectivity index (χ0v) is 8.63. The normalized spacial score (nSPS) is 25.0. The second-order valence-corrected chi connectivity index (χ2v) is 4.11. The van der Waals surface area contributed by atoms with Gasteiger partial charge in [0.2, 0.25) is 0 Å². The van der Waals surface area contributed by atoms with Gasteiger partial charge in [-0.05, 0) is 42.4 Å². The Labute approximate surface area is 80.3 Å². The lowest BCUT2D eigenvalue weighted by Crippen LogP contribution is -2.18. The second-order valence-electron chi connectivity index (χ2n) is 3.26. The van der Waals surface area contributed by atoms with Gasteiger partial charge in [-0.15, -0.1) is 0 Å². The molecule has 0 radical (unpaired) electrons. The molecule has 3 nitrogen and oxygen atoms in total. The van der Waals surface area contributed by atoms with Gasteiger partial charge in [-0.25, -0.2) is 4.98 Å². The lowest BCUT2D eigenvalue weighted by atomic mass is 10.2. The smallest absolute Gasteiger partial charge is 0.124 e. The molecule has 1 aliphatic heterocycles. The molecule has 1 N–H and O–H groups in total. The molecule has 1 aliphatic rings. The lowest BCUT2D eigenvalue weighted by Gasteiger charge is -2.16. The average Bonchev–Trinajstić information content (AvgIpc) is 2.58. The van der Waals surface area contributed by atoms with Crippen LogP contribution in [0.3, 0.4) is 0 Å². The Morgan fingerprint density at radius 3 is 3.08 bits per heavy atom. The molecule has 0 amide bonds. The van der Waals surface area contributed by atoms with Gasteiger partial charge in [-0.3, -0.25) is 4.90 Å². The Hall–Kier alpha value is -0.350. The molecule has 4 heteroatoms. The highest BCUT2D eigenvalue weighted by atomic mass is 79.9. The fourth-order valence-electron chi connectivity index (χ4n) is 1.74. The van der Waals surface area contributed by atoms with E-state index in [1.807, 2.05) is 6.20 Å². The molecule has 0 saturated carbocycles. The Bertz CT molecular complexity index is 271. The van der Waals surface area contributed by atoms with E-state index in [-0.39, 0.29) is 0 Å². The van der Waals surface area contributed by atoms with Crippen LogP contribution in [-0.2, 0) is 0 Å². The molecule has 0 aromatic carbocycles. The molecule has 1 unspecified atom stereocenters. The van der Waals surface area contributed by atoms with Crippen LogP contribution in [0.2, 0.25) is 0 Å². The van der Waals surface area contributed by atoms with Crippen molar-refractivity contribution in [1.82, 2.24) is 14.9 Å². The largest absolute Gasteiger partial charge is 0.335 e. The summed E-state index contributed by atoms with van der Waals surface area (Å²) >= 11 is 3.36. The number of hydrogen-bond donors (Lipinski definition) is 1. The summed E-state index contributed by atoms with van der Waals surface area (Å²) in [6, 6.07) is 0.497. The van der Waals surface area contributed by atoms with Crippen LogP contribution in [0.25, 0.3) is 0 Å². The van der Waals surface area contributed by atoms with Crippen LogP contribution in [-0.4, -0.2) is 28.5 Å². The molecule has 2 heterocycles. The number of halogens is 1. The van der Waals surface area contributed by atoms with E-state index in [9.17, 15) is 0 Å². The first-order valence-corrected chi connectivity index (χ1v) is 4.97. The Morgan fingerprint density at radius 1 is 1.75 bits per heavy atom. The predicted octanol–water partition coefficient (Wildman–Crippen LogP) is 1.94. The van der Waals surface area contributed by atoms with Crippen LogP contribution in [0.15, 0.2) is 10.8 Å². The quantitative estimate of drug-likeness (QED) is 0.799. The van der Waals surface area contributed by atoms with Crippen LogP contribution < -0.4 is 0 Å². The third kappa shape index (κ3) is 1.41. The van der Waals surface area contributed by atoms with Gasteiger partial charge in [-0.2, -0.15) is 0 Å². The van der Waals surface area contributed by atoms with E-state index in [2.05, 4.69) is 37.8 Å². The molecule has 1 aromatic rings. The SMILES string of the molecule is CN1CCCC1c1ncc(Br)[nH]1. The topological polar surface area (TPSA) is 31.9 Å². The first-order chi connectivity index (χ1) is 5.77. The van der Waals surface area contributed by atoms with Crippen molar-refractivity contribution in [2.24, 2.45) is 0 Å². The summed E-state index contributed by atoms with van der Waals surface area (Å²) in [6.07, 6.45) is 4.32. The van der Waals surface area contributed by atoms with E-state index in [0.29, 0.717) is 6.04 Å². The van der Waals surface area contributed by atoms with Crippen molar-refractivity contribution in [3.8, 4) is 0 Å². The molecule has 2 rings (SSSR count). The Kier molecular flexibility index (Phi) is 2.19. The lowest BCUT2D eigenvalue weighted by molar-refractivity contribution is 0.307. The summed E-state index contributed by atoms with van der Waals surface area (Å²) in [6.45, 7) is 1.18. The molecule has 0 bridgehead atoms. The molecule has 1 aromatic heterocycles. The minimum absolute atomic E-state index is 0.497. The van der Waals surface area contributed by atoms with Crippen LogP contribution in [0.4, 0.5) is 0 Å². The number of aromatic nitrogens is 2. The van der Waals surface area contributed by atoms with Crippen molar-refractivity contribution in [1.29, 1.82) is 0 Å². The third-order valence-corrected chi connectivity index (χ3v) is 2.80. The number of nitrogens with one attached hydrogen (secondary N) is 1. The van der Waals surface area contributed by atoms with E-state index < -0.39 is 0 Å². The highest BCUT2D eigenvalue weighted by Gasteiger charge is 2.24. The van der Waals surface area contributed by atoms with Gasteiger partial charge >= 0.3 is 0 Å². The van der Waals surface area contributed by atoms with Crippen molar-refractivity contribution < 1.29 is 0 Å². The highest BCUT2D eigenvalue weighted by Crippen LogP contribution is 2.28. The van der Waals surface area contributed by atoms with Gasteiger partial charge in [0.15, 0.2) is 0 Å². The summed E-state index contributed by atoms with van der Waals surface area (Å²) in [7, 11) is 2.15. The van der Waals surface area contributed by atoms with Crippen LogP contribution in [0, 0.1) is 0 Å². The van der Waals surface area contributed by atoms with E-state index >= 15 is 0 Å². The maximum absolute atomic E-state index is 4.30. The zero-order chi connectivity index (χ0) is 8.55. The first kappa shape index (κ1) is 8.26. The predicted molar refractivity (Wildman–Crippen MR) is 50.9 cm³/mol. The van der Waals surface area contributed by atoms with Crippen LogP contribution in [0.5, 0.6) is 0 Å². The standard InChI is InChI=1S/C8H12BrN3/c1-12-4-2-3-6(12)8-10-5-7(9)11-8/h5-6H,2-4H2,1H3,(H,10,11). The second kappa shape index (κ2) is 3.18. The van der Waals surface area contributed by atoms with Crippen molar-refractivity contribution in [3.63, 3.8) is 0 Å². The number of likely N-dealkylation sites (tertiary alicyclic amines) is 1. The number of H-pyrrole nitrogens is 1. The number of rotatable bonds is 1. The average molecular weight is 230 g/mol. The minimum Gasteiger partial charge on any atom is -0.335 e. The molecule has 0 aliphatic carbocycles. The monoisotopic (exact) mass is 229 g/mol. The Balaban J connectivity index is 2.19. The number of hydrogen-bond acceptors (Lipinski definition) is 2. The minimum atomic E-state index is 0.497. The fraction of sp³-hybridized carbons (Fsp3) is 0.625. The van der Waals surface area contributed by atoms with Crippen molar-refractivity contribution in [2.45, 2.75) is 18.9 Å². The van der Waals surface area contributed by atoms with Gasteiger partial charge in [0.1, 0.15) is 10.4 Å². The molecule has 0 spiro atoms. The van der Waals surface area contributed by atoms with E-state index in [4.69, 9.17) is 0 Å². The summed E-state index contributed by atoms with van der Waals surface area (Å²) < 4.78 is 0.970. The maximum atomic E-state index is 4.30. The van der Waals surface area contributed by atoms with Gasteiger partial charge in [0.25, 0.3) is 0 Å². The third-order valence-electron chi connectivity index (χ3n) is 2.40. The fourth-order valence-corrected chi connectivity index (χ4v) is 2.04. The molecule has 12 heavy (non-hydrogen) atoms. The number of nitrogens with zero attached hydrogens (tertiary/aromatic N) is 2. The molecular weight excluding hydrogens is 218 g/mol. The summed E-state index contributed by atoms with van der Waals surface area (Å²) in [5.41, 5.74) is 0. The molecule has 1 fully saturated rings. The van der Waals surface area contributed by atoms with Crippen LogP contribution >= 0.6 is 15.9 Å². The first-order valence-electron chi connectivity index (χ1n) is 4.18. The number of imidazole rings is 1. The Morgan fingerprint density at radius 2 is 2.58 bits per heavy atom. The zero-order valence-electron chi connectivity index (χ0n) is 7.05. The van der Waals surface area contributed by atoms with Gasteiger partial charge in [-0.1, -0.05) is 0 Å². The van der Waals surface area contributed by atoms with Gasteiger partial charge < -0.3 is 4.98 Å². The van der Waals surface area contributed by atoms with Crippen molar-refractivity contribution >= 4 is 15.9 Å². The van der Waals surface area contributed by atoms with Crippen molar-refractivity contribution in [2.75, 3.05) is 13.6 Å². The summed E-state index contributed by atoms with van der Waals surface area (Å²) in [5, 5.41) is 0. The van der Waals surface area contributed by atoms with Crippen LogP contribution in [0.1, 0.15) is 24.7 Å². The van der Waals surface area contributed by atoms with Gasteiger partial charge in [0.05, 0.1) is 12.2 Å². The van der Waals surface area contributed by atoms with E-state index in [0.717, 1.165) is 10.4 Å².